The van der Waals surface area contributed by atoms with Gasteiger partial charge in [-0.3, -0.25) is 9.59 Å². The third kappa shape index (κ3) is 3.28. The van der Waals surface area contributed by atoms with Crippen molar-refractivity contribution in [3.8, 4) is 0 Å². The van der Waals surface area contributed by atoms with Gasteiger partial charge in [0.1, 0.15) is 0 Å². The zero-order valence-electron chi connectivity index (χ0n) is 23.0. The van der Waals surface area contributed by atoms with E-state index in [-0.39, 0.29) is 53.0 Å². The van der Waals surface area contributed by atoms with Crippen LogP contribution in [0.5, 0.6) is 0 Å². The van der Waals surface area contributed by atoms with Gasteiger partial charge in [0, 0.05) is 5.41 Å². The number of esters is 1. The van der Waals surface area contributed by atoms with Gasteiger partial charge in [-0.25, -0.2) is 0 Å². The number of aliphatic carboxylic acids is 1. The van der Waals surface area contributed by atoms with E-state index in [1.165, 1.54) is 5.57 Å². The first-order valence-electron chi connectivity index (χ1n) is 14.0. The summed E-state index contributed by atoms with van der Waals surface area (Å²) in [5, 5.41) is 33.7. The van der Waals surface area contributed by atoms with Crippen molar-refractivity contribution in [2.75, 3.05) is 6.61 Å². The van der Waals surface area contributed by atoms with Crippen LogP contribution in [0.15, 0.2) is 11.6 Å². The molecule has 202 valence electrons. The monoisotopic (exact) mass is 502 g/mol. The highest BCUT2D eigenvalue weighted by Crippen LogP contribution is 2.73. The first kappa shape index (κ1) is 26.2. The van der Waals surface area contributed by atoms with Gasteiger partial charge >= 0.3 is 11.9 Å². The summed E-state index contributed by atoms with van der Waals surface area (Å²) < 4.78 is 5.41. The molecule has 1 saturated heterocycles. The third-order valence-electron chi connectivity index (χ3n) is 12.6. The van der Waals surface area contributed by atoms with Crippen molar-refractivity contribution in [1.82, 2.24) is 0 Å². The zero-order valence-corrected chi connectivity index (χ0v) is 23.0. The van der Waals surface area contributed by atoms with E-state index >= 15 is 0 Å². The Morgan fingerprint density at radius 3 is 2.31 bits per heavy atom. The van der Waals surface area contributed by atoms with Gasteiger partial charge in [-0.05, 0) is 92.3 Å². The second-order valence-corrected chi connectivity index (χ2v) is 14.8. The molecule has 3 saturated carbocycles. The van der Waals surface area contributed by atoms with Gasteiger partial charge in [-0.2, -0.15) is 0 Å². The Labute approximate surface area is 215 Å². The smallest absolute Gasteiger partial charge is 0.310 e. The molecule has 6 nitrogen and oxygen atoms in total. The molecular weight excluding hydrogens is 456 g/mol. The number of hydrogen-bond acceptors (Lipinski definition) is 5. The van der Waals surface area contributed by atoms with E-state index in [0.29, 0.717) is 12.8 Å². The molecule has 5 rings (SSSR count). The number of allylic oxidation sites excluding steroid dienone is 2. The quantitative estimate of drug-likeness (QED) is 0.358. The minimum absolute atomic E-state index is 0.0203. The highest BCUT2D eigenvalue weighted by Gasteiger charge is 2.69. The van der Waals surface area contributed by atoms with Crippen molar-refractivity contribution in [3.63, 3.8) is 0 Å². The van der Waals surface area contributed by atoms with Crippen molar-refractivity contribution in [2.24, 2.45) is 44.8 Å². The Morgan fingerprint density at radius 2 is 1.67 bits per heavy atom. The van der Waals surface area contributed by atoms with E-state index in [9.17, 15) is 24.9 Å². The van der Waals surface area contributed by atoms with E-state index in [2.05, 4.69) is 33.8 Å². The summed E-state index contributed by atoms with van der Waals surface area (Å²) in [6.45, 7) is 13.3. The minimum atomic E-state index is -1.05. The number of aliphatic hydroxyl groups is 2. The van der Waals surface area contributed by atoms with Gasteiger partial charge in [-0.15, -0.1) is 0 Å². The fourth-order valence-electron chi connectivity index (χ4n) is 9.95. The summed E-state index contributed by atoms with van der Waals surface area (Å²) in [6.07, 6.45) is 7.91. The number of aliphatic hydroxyl groups excluding tert-OH is 1. The summed E-state index contributed by atoms with van der Waals surface area (Å²) in [7, 11) is 0. The molecule has 0 radical (unpaired) electrons. The van der Waals surface area contributed by atoms with Crippen LogP contribution in [0.1, 0.15) is 99.3 Å². The van der Waals surface area contributed by atoms with Gasteiger partial charge in [0.15, 0.2) is 0 Å². The Hall–Kier alpha value is -1.40. The molecule has 0 spiro atoms. The fraction of sp³-hybridized carbons (Fsp3) is 0.867. The molecule has 0 amide bonds. The van der Waals surface area contributed by atoms with E-state index in [1.54, 1.807) is 0 Å². The van der Waals surface area contributed by atoms with Gasteiger partial charge in [0.05, 0.1) is 30.1 Å². The van der Waals surface area contributed by atoms with Gasteiger partial charge in [-0.1, -0.05) is 46.3 Å². The number of rotatable bonds is 2. The molecule has 9 atom stereocenters. The summed E-state index contributed by atoms with van der Waals surface area (Å²) in [5.41, 5.74) is -1.33. The maximum absolute atomic E-state index is 12.7. The molecule has 36 heavy (non-hydrogen) atoms. The molecule has 3 N–H and O–H groups in total. The van der Waals surface area contributed by atoms with Gasteiger partial charge < -0.3 is 20.1 Å². The van der Waals surface area contributed by atoms with Crippen LogP contribution in [0.25, 0.3) is 0 Å². The predicted molar refractivity (Wildman–Crippen MR) is 136 cm³/mol. The molecule has 0 aromatic rings. The Morgan fingerprint density at radius 1 is 1.00 bits per heavy atom. The minimum Gasteiger partial charge on any atom is -0.481 e. The molecule has 0 aromatic carbocycles. The van der Waals surface area contributed by atoms with Crippen molar-refractivity contribution in [3.05, 3.63) is 11.6 Å². The molecule has 5 aliphatic rings. The largest absolute Gasteiger partial charge is 0.481 e. The summed E-state index contributed by atoms with van der Waals surface area (Å²) >= 11 is 0. The van der Waals surface area contributed by atoms with E-state index in [0.717, 1.165) is 38.5 Å². The SMILES string of the molecule is CC1(C)CC[C@]2(C(=O)O)CC[C@]3(C)C(=CCC4[C@@](C)(O)C([C@]5(C)COC(=O)C[C@@H]5O)CC[C@]43C)C2C1. The fourth-order valence-corrected chi connectivity index (χ4v) is 9.95. The zero-order chi connectivity index (χ0) is 26.5. The lowest BCUT2D eigenvalue weighted by atomic mass is 9.36. The lowest BCUT2D eigenvalue weighted by Gasteiger charge is -2.69. The molecule has 4 fully saturated rings. The lowest BCUT2D eigenvalue weighted by molar-refractivity contribution is -0.235. The van der Waals surface area contributed by atoms with Crippen molar-refractivity contribution >= 4 is 11.9 Å². The highest BCUT2D eigenvalue weighted by molar-refractivity contribution is 5.76. The number of ether oxygens (including phenoxy) is 1. The standard InChI is InChI=1S/C30H46O6/c1-25(2)11-13-30(24(33)34)14-12-27(4)18(19(30)16-25)7-8-21-28(27,5)10-9-20(29(21,6)35)26(3)17-36-23(32)15-22(26)31/h7,19-22,31,35H,8-17H2,1-6H3,(H,33,34)/t19?,20?,21?,22-,26-,27+,28+,29-,30-/m0/s1. The first-order valence-corrected chi connectivity index (χ1v) is 14.0. The average Bonchev–Trinajstić information content (AvgIpc) is 2.76. The van der Waals surface area contributed by atoms with Crippen LogP contribution < -0.4 is 0 Å². The Balaban J connectivity index is 1.55. The number of carboxylic acid groups (broad SMARTS) is 1. The predicted octanol–water partition coefficient (Wildman–Crippen LogP) is 5.11. The maximum atomic E-state index is 12.7. The van der Waals surface area contributed by atoms with Crippen molar-refractivity contribution in [1.29, 1.82) is 0 Å². The van der Waals surface area contributed by atoms with E-state index in [1.807, 2.05) is 13.8 Å². The van der Waals surface area contributed by atoms with E-state index < -0.39 is 28.5 Å². The molecule has 0 aromatic heterocycles. The molecule has 4 aliphatic carbocycles. The second kappa shape index (κ2) is 7.81. The van der Waals surface area contributed by atoms with E-state index in [4.69, 9.17) is 4.74 Å². The highest BCUT2D eigenvalue weighted by atomic mass is 16.5. The summed E-state index contributed by atoms with van der Waals surface area (Å²) in [4.78, 5) is 24.6. The molecule has 6 heteroatoms. The number of hydrogen-bond donors (Lipinski definition) is 3. The number of carbonyl (C=O) groups is 2. The first-order chi connectivity index (χ1) is 16.5. The number of carbonyl (C=O) groups excluding carboxylic acids is 1. The molecule has 1 heterocycles. The second-order valence-electron chi connectivity index (χ2n) is 14.8. The Bertz CT molecular complexity index is 997. The number of cyclic esters (lactones) is 1. The van der Waals surface area contributed by atoms with Crippen molar-refractivity contribution in [2.45, 2.75) is 111 Å². The van der Waals surface area contributed by atoms with Gasteiger partial charge in [0.25, 0.3) is 0 Å². The van der Waals surface area contributed by atoms with Crippen LogP contribution in [-0.4, -0.2) is 45.6 Å². The third-order valence-corrected chi connectivity index (χ3v) is 12.6. The molecule has 1 aliphatic heterocycles. The molecule has 3 unspecified atom stereocenters. The Kier molecular flexibility index (Phi) is 5.69. The normalized spacial score (nSPS) is 52.2. The topological polar surface area (TPSA) is 104 Å². The number of carboxylic acids is 1. The van der Waals surface area contributed by atoms with Crippen molar-refractivity contribution < 1.29 is 29.6 Å². The number of fused-ring (bicyclic) bond motifs is 5. The lowest BCUT2D eigenvalue weighted by Crippen LogP contribution is -2.67. The maximum Gasteiger partial charge on any atom is 0.310 e. The van der Waals surface area contributed by atoms with Crippen LogP contribution in [0, 0.1) is 44.8 Å². The summed E-state index contributed by atoms with van der Waals surface area (Å²) in [5.74, 6) is -1.19. The molecule has 0 bridgehead atoms. The van der Waals surface area contributed by atoms with Crippen LogP contribution in [0.2, 0.25) is 0 Å². The van der Waals surface area contributed by atoms with Crippen LogP contribution in [0.4, 0.5) is 0 Å². The average molecular weight is 503 g/mol. The summed E-state index contributed by atoms with van der Waals surface area (Å²) in [6, 6.07) is 0. The van der Waals surface area contributed by atoms with Crippen LogP contribution >= 0.6 is 0 Å². The van der Waals surface area contributed by atoms with Gasteiger partial charge in [0.2, 0.25) is 0 Å². The molecular formula is C30H46O6. The van der Waals surface area contributed by atoms with Crippen LogP contribution in [0.3, 0.4) is 0 Å². The van der Waals surface area contributed by atoms with Crippen LogP contribution in [-0.2, 0) is 14.3 Å².